The van der Waals surface area contributed by atoms with E-state index in [0.717, 1.165) is 0 Å². The van der Waals surface area contributed by atoms with Gasteiger partial charge in [0.2, 0.25) is 0 Å². The topological polar surface area (TPSA) is 241 Å². The van der Waals surface area contributed by atoms with Crippen molar-refractivity contribution in [2.75, 3.05) is 0 Å². The van der Waals surface area contributed by atoms with Crippen LogP contribution in [0.25, 0.3) is 0 Å². The SMILES string of the molecule is O=S(=O)([O-])[O-].O=S(=O)([O-])[O-].O=S(=O)([O-])[O-].[Al+3].[Na+].[Na+].[Na+]. The molecule has 0 aromatic rings. The van der Waals surface area contributed by atoms with Crippen molar-refractivity contribution in [2.45, 2.75) is 0 Å². The minimum Gasteiger partial charge on any atom is -0.759 e. The van der Waals surface area contributed by atoms with Crippen LogP contribution in [0, 0.1) is 0 Å². The van der Waals surface area contributed by atoms with E-state index in [9.17, 15) is 0 Å². The summed E-state index contributed by atoms with van der Waals surface area (Å²) in [6.45, 7) is 0. The molecule has 0 fully saturated rings. The van der Waals surface area contributed by atoms with Gasteiger partial charge in [0.25, 0.3) is 0 Å². The molecule has 0 saturated carbocycles. The Labute approximate surface area is 186 Å². The second-order valence-corrected chi connectivity index (χ2v) is 3.67. The first-order valence-corrected chi connectivity index (χ1v) is 6.00. The van der Waals surface area contributed by atoms with Gasteiger partial charge in [-0.2, -0.15) is 0 Å². The van der Waals surface area contributed by atoms with Crippen LogP contribution in [0.3, 0.4) is 0 Å². The smallest absolute Gasteiger partial charge is 0.759 e. The molecule has 0 amide bonds. The van der Waals surface area contributed by atoms with Crippen molar-refractivity contribution in [1.29, 1.82) is 0 Å². The Bertz CT molecular complexity index is 349. The molecular formula is AlNa3O12S3. The maximum absolute atomic E-state index is 8.52. The summed E-state index contributed by atoms with van der Waals surface area (Å²) in [5.41, 5.74) is 0. The van der Waals surface area contributed by atoms with E-state index in [4.69, 9.17) is 52.6 Å². The molecule has 0 N–H and O–H groups in total. The van der Waals surface area contributed by atoms with Gasteiger partial charge in [0.05, 0.1) is 0 Å². The van der Waals surface area contributed by atoms with E-state index < -0.39 is 31.2 Å². The monoisotopic (exact) mass is 384 g/mol. The molecule has 19 heteroatoms. The molecule has 0 atom stereocenters. The van der Waals surface area contributed by atoms with Crippen LogP contribution in [0.4, 0.5) is 0 Å². The number of rotatable bonds is 0. The number of hydrogen-bond acceptors (Lipinski definition) is 12. The summed E-state index contributed by atoms with van der Waals surface area (Å²) in [6, 6.07) is 0. The van der Waals surface area contributed by atoms with E-state index in [1.165, 1.54) is 0 Å². The summed E-state index contributed by atoms with van der Waals surface area (Å²) in [7, 11) is -15.5. The minimum absolute atomic E-state index is 0. The first kappa shape index (κ1) is 43.2. The van der Waals surface area contributed by atoms with Crippen molar-refractivity contribution < 1.29 is 141 Å². The van der Waals surface area contributed by atoms with E-state index in [1.54, 1.807) is 0 Å². The molecular weight excluding hydrogens is 384 g/mol. The van der Waals surface area contributed by atoms with Crippen molar-refractivity contribution in [1.82, 2.24) is 0 Å². The third-order valence-electron chi connectivity index (χ3n) is 0. The predicted octanol–water partition coefficient (Wildman–Crippen LogP) is -13.4. The largest absolute Gasteiger partial charge is 3.00 e. The van der Waals surface area contributed by atoms with Gasteiger partial charge >= 0.3 is 106 Å². The fourth-order valence-corrected chi connectivity index (χ4v) is 0. The Morgan fingerprint density at radius 3 is 0.421 bits per heavy atom. The molecule has 0 aromatic heterocycles. The second-order valence-electron chi connectivity index (χ2n) is 1.22. The summed E-state index contributed by atoms with van der Waals surface area (Å²) in [4.78, 5) is 0. The van der Waals surface area contributed by atoms with Gasteiger partial charge in [-0.15, -0.1) is 0 Å². The maximum Gasteiger partial charge on any atom is 3.00 e. The summed E-state index contributed by atoms with van der Waals surface area (Å²) in [5.74, 6) is 0. The van der Waals surface area contributed by atoms with Gasteiger partial charge in [0.15, 0.2) is 0 Å². The molecule has 0 aliphatic rings. The molecule has 0 aliphatic heterocycles. The van der Waals surface area contributed by atoms with Crippen molar-refractivity contribution in [2.24, 2.45) is 0 Å². The van der Waals surface area contributed by atoms with E-state index >= 15 is 0 Å². The molecule has 0 rings (SSSR count). The van der Waals surface area contributed by atoms with E-state index in [-0.39, 0.29) is 106 Å². The van der Waals surface area contributed by atoms with E-state index in [0.29, 0.717) is 0 Å². The third-order valence-corrected chi connectivity index (χ3v) is 0. The Balaban J connectivity index is -0.0000000206. The average molecular weight is 384 g/mol. The summed E-state index contributed by atoms with van der Waals surface area (Å²) in [6.07, 6.45) is 0. The Hall–Kier alpha value is 3.14. The summed E-state index contributed by atoms with van der Waals surface area (Å²) < 4.78 is 102. The molecule has 12 nitrogen and oxygen atoms in total. The van der Waals surface area contributed by atoms with Crippen LogP contribution >= 0.6 is 0 Å². The first-order valence-electron chi connectivity index (χ1n) is 2.00. The van der Waals surface area contributed by atoms with Gasteiger partial charge in [0.1, 0.15) is 0 Å². The van der Waals surface area contributed by atoms with E-state index in [1.807, 2.05) is 0 Å². The van der Waals surface area contributed by atoms with Crippen LogP contribution in [0.5, 0.6) is 0 Å². The normalized spacial score (nSPS) is 9.16. The Morgan fingerprint density at radius 2 is 0.421 bits per heavy atom. The number of hydrogen-bond donors (Lipinski definition) is 0. The van der Waals surface area contributed by atoms with Crippen molar-refractivity contribution in [3.05, 3.63) is 0 Å². The molecule has 0 bridgehead atoms. The fraction of sp³-hybridized carbons (Fsp3) is 0. The fourth-order valence-electron chi connectivity index (χ4n) is 0. The second kappa shape index (κ2) is 19.2. The van der Waals surface area contributed by atoms with Gasteiger partial charge in [-0.05, 0) is 0 Å². The molecule has 0 unspecified atom stereocenters. The molecule has 0 saturated heterocycles. The zero-order valence-corrected chi connectivity index (χ0v) is 19.3. The molecule has 19 heavy (non-hydrogen) atoms. The first-order chi connectivity index (χ1) is 6.00. The zero-order chi connectivity index (χ0) is 13.5. The van der Waals surface area contributed by atoms with Gasteiger partial charge in [-0.1, -0.05) is 0 Å². The molecule has 0 aliphatic carbocycles. The van der Waals surface area contributed by atoms with Crippen LogP contribution < -0.4 is 88.7 Å². The van der Waals surface area contributed by atoms with Crippen molar-refractivity contribution >= 4 is 48.6 Å². The third kappa shape index (κ3) is 785. The zero-order valence-electron chi connectivity index (χ0n) is 9.70. The molecule has 0 spiro atoms. The average Bonchev–Trinajstić information content (AvgIpc) is 1.41. The molecule has 0 aromatic carbocycles. The minimum atomic E-state index is -5.17. The quantitative estimate of drug-likeness (QED) is 0.215. The maximum atomic E-state index is 8.52. The van der Waals surface area contributed by atoms with E-state index in [2.05, 4.69) is 0 Å². The van der Waals surface area contributed by atoms with Gasteiger partial charge in [0, 0.05) is 31.2 Å². The molecule has 0 heterocycles. The van der Waals surface area contributed by atoms with Gasteiger partial charge in [-0.3, -0.25) is 25.3 Å². The van der Waals surface area contributed by atoms with Crippen LogP contribution in [0.15, 0.2) is 0 Å². The predicted molar refractivity (Wildman–Crippen MR) is 37.2 cm³/mol. The molecule has 0 radical (unpaired) electrons. The van der Waals surface area contributed by atoms with Crippen molar-refractivity contribution in [3.63, 3.8) is 0 Å². The Kier molecular flexibility index (Phi) is 43.6. The van der Waals surface area contributed by atoms with Crippen LogP contribution in [0.2, 0.25) is 0 Å². The van der Waals surface area contributed by atoms with Crippen LogP contribution in [0.1, 0.15) is 0 Å². The van der Waals surface area contributed by atoms with Crippen LogP contribution in [-0.2, 0) is 31.2 Å². The summed E-state index contributed by atoms with van der Waals surface area (Å²) >= 11 is 0. The van der Waals surface area contributed by atoms with Crippen molar-refractivity contribution in [3.8, 4) is 0 Å². The molecule has 96 valence electrons. The van der Waals surface area contributed by atoms with Gasteiger partial charge < -0.3 is 27.3 Å². The van der Waals surface area contributed by atoms with Gasteiger partial charge in [-0.25, -0.2) is 0 Å². The summed E-state index contributed by atoms with van der Waals surface area (Å²) in [5, 5.41) is 0. The van der Waals surface area contributed by atoms with Crippen LogP contribution in [-0.4, -0.2) is 69.9 Å². The standard InChI is InChI=1S/Al.3Na.3H2O4S/c;;;;3*1-5(2,3)4/h;;;;3*(H2,1,2,3,4)/q+3;3*+1;;;/p-6. The Morgan fingerprint density at radius 1 is 0.421 bits per heavy atom.